The van der Waals surface area contributed by atoms with Gasteiger partial charge in [0.25, 0.3) is 5.91 Å². The SMILES string of the molecule is CC[C@H](C)[C@@H]([C@H](O)CC(=O)NC[C@H]1O[C@H](C(=O)NCc2ccccc2)[C@@H](OC)[C@@H]1OC)N(C)C(=O)[C@@H](NC(=O)OC(C)(C)C)C(C)C. The summed E-state index contributed by atoms with van der Waals surface area (Å²) in [6.07, 6.45) is -4.59. The molecule has 1 aliphatic heterocycles. The van der Waals surface area contributed by atoms with E-state index < -0.39 is 66.1 Å². The Hall–Kier alpha value is -3.26. The lowest BCUT2D eigenvalue weighted by Crippen LogP contribution is -2.57. The molecule has 1 heterocycles. The Morgan fingerprint density at radius 1 is 1.00 bits per heavy atom. The summed E-state index contributed by atoms with van der Waals surface area (Å²) in [5.74, 6) is -1.68. The fourth-order valence-corrected chi connectivity index (χ4v) is 5.70. The Balaban J connectivity index is 2.06. The molecule has 1 saturated heterocycles. The standard InChI is InChI=1S/C34H56N4O9/c1-11-21(4)27(38(8)32(42)26(20(2)3)37-33(43)47-34(5,6)7)23(39)17-25(40)35-19-24-28(44-9)29(45-10)30(46-24)31(41)36-18-22-15-13-12-14-16-22/h12-16,20-21,23-24,26-30,39H,11,17-19H2,1-10H3,(H,35,40)(H,36,41)(H,37,43)/t21-,23+,24+,26-,27-,28+,29-,30-/m0/s1. The van der Waals surface area contributed by atoms with Gasteiger partial charge in [-0.3, -0.25) is 14.4 Å². The van der Waals surface area contributed by atoms with Crippen molar-refractivity contribution >= 4 is 23.8 Å². The van der Waals surface area contributed by atoms with Crippen LogP contribution < -0.4 is 16.0 Å². The Labute approximate surface area is 279 Å². The number of methoxy groups -OCH3 is 2. The molecule has 47 heavy (non-hydrogen) atoms. The molecule has 1 aromatic carbocycles. The van der Waals surface area contributed by atoms with Crippen molar-refractivity contribution in [3.8, 4) is 0 Å². The highest BCUT2D eigenvalue weighted by Gasteiger charge is 2.48. The van der Waals surface area contributed by atoms with Gasteiger partial charge in [-0.25, -0.2) is 4.79 Å². The number of ether oxygens (including phenoxy) is 4. The molecule has 1 aliphatic rings. The van der Waals surface area contributed by atoms with Gasteiger partial charge in [-0.2, -0.15) is 0 Å². The van der Waals surface area contributed by atoms with Crippen LogP contribution in [0.3, 0.4) is 0 Å². The van der Waals surface area contributed by atoms with E-state index in [9.17, 15) is 24.3 Å². The summed E-state index contributed by atoms with van der Waals surface area (Å²) in [7, 11) is 4.51. The van der Waals surface area contributed by atoms with Gasteiger partial charge in [0.2, 0.25) is 11.8 Å². The summed E-state index contributed by atoms with van der Waals surface area (Å²) < 4.78 is 22.6. The van der Waals surface area contributed by atoms with E-state index in [1.165, 1.54) is 19.1 Å². The molecule has 0 spiro atoms. The molecule has 13 nitrogen and oxygen atoms in total. The normalized spacial score (nSPS) is 22.1. The van der Waals surface area contributed by atoms with Crippen LogP contribution in [0, 0.1) is 11.8 Å². The van der Waals surface area contributed by atoms with Crippen LogP contribution >= 0.6 is 0 Å². The largest absolute Gasteiger partial charge is 0.444 e. The van der Waals surface area contributed by atoms with Crippen molar-refractivity contribution in [2.75, 3.05) is 27.8 Å². The highest BCUT2D eigenvalue weighted by atomic mass is 16.6. The number of aliphatic hydroxyl groups excluding tert-OH is 1. The first kappa shape index (κ1) is 39.9. The van der Waals surface area contributed by atoms with Gasteiger partial charge in [-0.05, 0) is 38.2 Å². The summed E-state index contributed by atoms with van der Waals surface area (Å²) in [4.78, 5) is 53.7. The summed E-state index contributed by atoms with van der Waals surface area (Å²) in [5, 5.41) is 19.6. The monoisotopic (exact) mass is 664 g/mol. The zero-order chi connectivity index (χ0) is 35.5. The Bertz CT molecular complexity index is 1160. The quantitative estimate of drug-likeness (QED) is 0.208. The van der Waals surface area contributed by atoms with Crippen LogP contribution in [0.15, 0.2) is 30.3 Å². The van der Waals surface area contributed by atoms with Gasteiger partial charge in [0.15, 0.2) is 6.10 Å². The molecule has 0 radical (unpaired) electrons. The van der Waals surface area contributed by atoms with Crippen molar-refractivity contribution < 1.29 is 43.2 Å². The van der Waals surface area contributed by atoms with Gasteiger partial charge < -0.3 is 44.9 Å². The van der Waals surface area contributed by atoms with Crippen LogP contribution in [0.25, 0.3) is 0 Å². The Morgan fingerprint density at radius 3 is 2.15 bits per heavy atom. The number of hydrogen-bond donors (Lipinski definition) is 4. The third-order valence-electron chi connectivity index (χ3n) is 8.34. The molecule has 1 fully saturated rings. The number of carbonyl (C=O) groups excluding carboxylic acids is 4. The van der Waals surface area contributed by atoms with E-state index >= 15 is 0 Å². The molecule has 0 aliphatic carbocycles. The zero-order valence-corrected chi connectivity index (χ0v) is 29.6. The summed E-state index contributed by atoms with van der Waals surface area (Å²) in [6, 6.07) is 7.84. The molecule has 4 amide bonds. The Kier molecular flexibility index (Phi) is 15.6. The maximum atomic E-state index is 13.6. The van der Waals surface area contributed by atoms with E-state index in [1.807, 2.05) is 44.2 Å². The van der Waals surface area contributed by atoms with Gasteiger partial charge in [0, 0.05) is 34.4 Å². The molecule has 0 bridgehead atoms. The number of nitrogens with one attached hydrogen (secondary N) is 3. The minimum absolute atomic E-state index is 0.00435. The molecular formula is C34H56N4O9. The van der Waals surface area contributed by atoms with Crippen LogP contribution in [-0.2, 0) is 39.9 Å². The topological polar surface area (TPSA) is 165 Å². The number of aliphatic hydroxyl groups is 1. The lowest BCUT2D eigenvalue weighted by atomic mass is 9.90. The average Bonchev–Trinajstić information content (AvgIpc) is 3.38. The van der Waals surface area contributed by atoms with Crippen LogP contribution in [0.2, 0.25) is 0 Å². The number of benzene rings is 1. The van der Waals surface area contributed by atoms with Gasteiger partial charge in [0.1, 0.15) is 30.0 Å². The number of rotatable bonds is 16. The molecule has 1 aromatic rings. The molecule has 2 rings (SSSR count). The average molecular weight is 665 g/mol. The van der Waals surface area contributed by atoms with Crippen molar-refractivity contribution in [2.45, 2.75) is 116 Å². The first-order valence-corrected chi connectivity index (χ1v) is 16.3. The van der Waals surface area contributed by atoms with Crippen LogP contribution in [0.5, 0.6) is 0 Å². The zero-order valence-electron chi connectivity index (χ0n) is 29.6. The van der Waals surface area contributed by atoms with Crippen molar-refractivity contribution in [3.63, 3.8) is 0 Å². The highest BCUT2D eigenvalue weighted by molar-refractivity contribution is 5.86. The van der Waals surface area contributed by atoms with E-state index in [0.717, 1.165) is 5.56 Å². The van der Waals surface area contributed by atoms with Crippen LogP contribution in [-0.4, -0.2) is 110 Å². The molecule has 266 valence electrons. The minimum Gasteiger partial charge on any atom is -0.444 e. The lowest BCUT2D eigenvalue weighted by Gasteiger charge is -2.38. The molecule has 8 atom stereocenters. The van der Waals surface area contributed by atoms with Crippen LogP contribution in [0.4, 0.5) is 4.79 Å². The molecule has 4 N–H and O–H groups in total. The van der Waals surface area contributed by atoms with Gasteiger partial charge in [0.05, 0.1) is 18.6 Å². The predicted molar refractivity (Wildman–Crippen MR) is 176 cm³/mol. The fraction of sp³-hybridized carbons (Fsp3) is 0.706. The number of nitrogens with zero attached hydrogens (tertiary/aromatic N) is 1. The molecule has 0 saturated carbocycles. The Morgan fingerprint density at radius 2 is 1.62 bits per heavy atom. The van der Waals surface area contributed by atoms with E-state index in [-0.39, 0.29) is 30.7 Å². The first-order chi connectivity index (χ1) is 22.0. The van der Waals surface area contributed by atoms with Crippen molar-refractivity contribution in [1.29, 1.82) is 0 Å². The lowest BCUT2D eigenvalue weighted by molar-refractivity contribution is -0.141. The second-order valence-corrected chi connectivity index (χ2v) is 13.5. The van der Waals surface area contributed by atoms with Gasteiger partial charge >= 0.3 is 6.09 Å². The maximum absolute atomic E-state index is 13.6. The summed E-state index contributed by atoms with van der Waals surface area (Å²) in [5.41, 5.74) is 0.191. The smallest absolute Gasteiger partial charge is 0.408 e. The van der Waals surface area contributed by atoms with Crippen molar-refractivity contribution in [1.82, 2.24) is 20.9 Å². The molecule has 13 heteroatoms. The van der Waals surface area contributed by atoms with E-state index in [4.69, 9.17) is 18.9 Å². The third kappa shape index (κ3) is 11.7. The number of hydrogen-bond acceptors (Lipinski definition) is 9. The number of amides is 4. The first-order valence-electron chi connectivity index (χ1n) is 16.3. The van der Waals surface area contributed by atoms with Gasteiger partial charge in [-0.15, -0.1) is 0 Å². The second kappa shape index (κ2) is 18.3. The second-order valence-electron chi connectivity index (χ2n) is 13.5. The maximum Gasteiger partial charge on any atom is 0.408 e. The van der Waals surface area contributed by atoms with E-state index in [2.05, 4.69) is 16.0 Å². The van der Waals surface area contributed by atoms with E-state index in [0.29, 0.717) is 13.0 Å². The number of carbonyl (C=O) groups is 4. The predicted octanol–water partition coefficient (Wildman–Crippen LogP) is 2.39. The minimum atomic E-state index is -1.21. The van der Waals surface area contributed by atoms with Crippen LogP contribution in [0.1, 0.15) is 66.9 Å². The molecular weight excluding hydrogens is 608 g/mol. The molecule has 0 aromatic heterocycles. The third-order valence-corrected chi connectivity index (χ3v) is 8.34. The summed E-state index contributed by atoms with van der Waals surface area (Å²) in [6.45, 7) is 13.0. The molecule has 0 unspecified atom stereocenters. The summed E-state index contributed by atoms with van der Waals surface area (Å²) >= 11 is 0. The number of alkyl carbamates (subject to hydrolysis) is 1. The highest BCUT2D eigenvalue weighted by Crippen LogP contribution is 2.27. The van der Waals surface area contributed by atoms with Crippen molar-refractivity contribution in [3.05, 3.63) is 35.9 Å². The van der Waals surface area contributed by atoms with Crippen molar-refractivity contribution in [2.24, 2.45) is 11.8 Å². The number of likely N-dealkylation sites (N-methyl/N-ethyl adjacent to an activating group) is 1. The van der Waals surface area contributed by atoms with E-state index in [1.54, 1.807) is 41.7 Å². The van der Waals surface area contributed by atoms with Gasteiger partial charge in [-0.1, -0.05) is 64.4 Å². The fourth-order valence-electron chi connectivity index (χ4n) is 5.70.